The molecule has 0 unspecified atom stereocenters. The molecule has 110 valence electrons. The molecule has 2 aromatic carbocycles. The number of benzene rings is 2. The normalized spacial score (nSPS) is 10.5. The van der Waals surface area contributed by atoms with Gasteiger partial charge in [0.05, 0.1) is 24.7 Å². The van der Waals surface area contributed by atoms with Crippen LogP contribution in [0.3, 0.4) is 0 Å². The van der Waals surface area contributed by atoms with Crippen LogP contribution in [0.4, 0.5) is 0 Å². The summed E-state index contributed by atoms with van der Waals surface area (Å²) in [5.41, 5.74) is 3.67. The molecular weight excluding hydrogens is 296 g/mol. The lowest BCUT2D eigenvalue weighted by atomic mass is 10.1. The van der Waals surface area contributed by atoms with E-state index >= 15 is 0 Å². The van der Waals surface area contributed by atoms with Crippen molar-refractivity contribution >= 4 is 11.6 Å². The number of nitrogens with zero attached hydrogens (tertiary/aromatic N) is 2. The summed E-state index contributed by atoms with van der Waals surface area (Å²) in [6.45, 7) is 0. The predicted octanol–water partition coefficient (Wildman–Crippen LogP) is 4.40. The van der Waals surface area contributed by atoms with E-state index in [1.807, 2.05) is 42.5 Å². The Hall–Kier alpha value is -2.39. The topological polar surface area (TPSA) is 35.0 Å². The van der Waals surface area contributed by atoms with Crippen molar-refractivity contribution in [3.63, 3.8) is 0 Å². The first-order valence-corrected chi connectivity index (χ1v) is 7.34. The van der Waals surface area contributed by atoms with E-state index in [4.69, 9.17) is 16.3 Å². The Balaban J connectivity index is 1.95. The van der Waals surface area contributed by atoms with Crippen LogP contribution in [0, 0.1) is 0 Å². The zero-order valence-corrected chi connectivity index (χ0v) is 12.9. The van der Waals surface area contributed by atoms with Crippen molar-refractivity contribution < 1.29 is 4.74 Å². The smallest absolute Gasteiger partial charge is 0.150 e. The lowest BCUT2D eigenvalue weighted by Crippen LogP contribution is -1.98. The zero-order chi connectivity index (χ0) is 15.4. The third-order valence-corrected chi connectivity index (χ3v) is 3.69. The van der Waals surface area contributed by atoms with Gasteiger partial charge in [-0.1, -0.05) is 54.1 Å². The van der Waals surface area contributed by atoms with E-state index in [1.54, 1.807) is 13.3 Å². The van der Waals surface area contributed by atoms with Crippen LogP contribution < -0.4 is 4.74 Å². The Morgan fingerprint density at radius 3 is 2.64 bits per heavy atom. The van der Waals surface area contributed by atoms with Crippen LogP contribution in [0.2, 0.25) is 5.15 Å². The molecule has 0 amide bonds. The molecule has 0 aliphatic carbocycles. The monoisotopic (exact) mass is 310 g/mol. The highest BCUT2D eigenvalue weighted by molar-refractivity contribution is 6.30. The Kier molecular flexibility index (Phi) is 4.35. The molecule has 3 aromatic rings. The van der Waals surface area contributed by atoms with Crippen molar-refractivity contribution in [2.75, 3.05) is 7.11 Å². The molecule has 0 atom stereocenters. The fourth-order valence-electron chi connectivity index (χ4n) is 2.24. The first kappa shape index (κ1) is 14.5. The number of halogens is 1. The summed E-state index contributed by atoms with van der Waals surface area (Å²) < 4.78 is 5.25. The van der Waals surface area contributed by atoms with Gasteiger partial charge in [0.2, 0.25) is 0 Å². The van der Waals surface area contributed by atoms with Crippen molar-refractivity contribution in [1.82, 2.24) is 9.97 Å². The van der Waals surface area contributed by atoms with E-state index in [-0.39, 0.29) is 0 Å². The summed E-state index contributed by atoms with van der Waals surface area (Å²) in [5, 5.41) is 0.440. The summed E-state index contributed by atoms with van der Waals surface area (Å²) in [4.78, 5) is 8.93. The zero-order valence-electron chi connectivity index (χ0n) is 12.2. The Morgan fingerprint density at radius 2 is 1.86 bits per heavy atom. The molecule has 0 N–H and O–H groups in total. The highest BCUT2D eigenvalue weighted by atomic mass is 35.5. The van der Waals surface area contributed by atoms with E-state index in [2.05, 4.69) is 22.1 Å². The van der Waals surface area contributed by atoms with Crippen LogP contribution in [0.25, 0.3) is 11.3 Å². The van der Waals surface area contributed by atoms with Gasteiger partial charge in [-0.2, -0.15) is 0 Å². The maximum Gasteiger partial charge on any atom is 0.150 e. The number of aromatic nitrogens is 2. The van der Waals surface area contributed by atoms with Crippen LogP contribution in [-0.2, 0) is 6.42 Å². The largest absolute Gasteiger partial charge is 0.497 e. The van der Waals surface area contributed by atoms with Gasteiger partial charge in [-0.3, -0.25) is 0 Å². The van der Waals surface area contributed by atoms with E-state index in [1.165, 1.54) is 0 Å². The minimum Gasteiger partial charge on any atom is -0.497 e. The fraction of sp³-hybridized carbons (Fsp3) is 0.111. The number of ether oxygens (including phenoxy) is 1. The molecule has 0 aliphatic heterocycles. The predicted molar refractivity (Wildman–Crippen MR) is 88.3 cm³/mol. The molecule has 0 saturated carbocycles. The van der Waals surface area contributed by atoms with Crippen LogP contribution in [0.5, 0.6) is 5.75 Å². The highest BCUT2D eigenvalue weighted by Crippen LogP contribution is 2.24. The highest BCUT2D eigenvalue weighted by Gasteiger charge is 2.09. The summed E-state index contributed by atoms with van der Waals surface area (Å²) in [6, 6.07) is 17.8. The number of hydrogen-bond donors (Lipinski definition) is 0. The minimum absolute atomic E-state index is 0.440. The van der Waals surface area contributed by atoms with Crippen molar-refractivity contribution in [2.24, 2.45) is 0 Å². The molecule has 0 bridgehead atoms. The molecule has 0 saturated heterocycles. The summed E-state index contributed by atoms with van der Waals surface area (Å²) in [5.74, 6) is 0.791. The third kappa shape index (κ3) is 3.26. The van der Waals surface area contributed by atoms with Crippen molar-refractivity contribution in [1.29, 1.82) is 0 Å². The van der Waals surface area contributed by atoms with E-state index in [0.717, 1.165) is 28.3 Å². The molecule has 1 heterocycles. The van der Waals surface area contributed by atoms with Crippen LogP contribution >= 0.6 is 11.6 Å². The second kappa shape index (κ2) is 6.58. The lowest BCUT2D eigenvalue weighted by molar-refractivity contribution is 0.415. The Labute approximate surface area is 134 Å². The van der Waals surface area contributed by atoms with Gasteiger partial charge in [-0.05, 0) is 17.7 Å². The molecule has 0 aliphatic rings. The number of hydrogen-bond acceptors (Lipinski definition) is 3. The van der Waals surface area contributed by atoms with Gasteiger partial charge in [0, 0.05) is 12.0 Å². The third-order valence-electron chi connectivity index (χ3n) is 3.37. The van der Waals surface area contributed by atoms with Gasteiger partial charge in [-0.25, -0.2) is 9.97 Å². The fourth-order valence-corrected chi connectivity index (χ4v) is 2.39. The molecule has 0 spiro atoms. The SMILES string of the molecule is COc1cccc(-c2cnc(Cl)c(Cc3ccccc3)n2)c1. The van der Waals surface area contributed by atoms with Crippen LogP contribution in [-0.4, -0.2) is 17.1 Å². The molecule has 0 fully saturated rings. The Bertz CT molecular complexity index is 775. The van der Waals surface area contributed by atoms with Crippen molar-refractivity contribution in [3.05, 3.63) is 77.2 Å². The van der Waals surface area contributed by atoms with Gasteiger partial charge in [0.25, 0.3) is 0 Å². The van der Waals surface area contributed by atoms with Gasteiger partial charge < -0.3 is 4.74 Å². The minimum atomic E-state index is 0.440. The molecule has 3 nitrogen and oxygen atoms in total. The van der Waals surface area contributed by atoms with Gasteiger partial charge in [0.1, 0.15) is 5.75 Å². The van der Waals surface area contributed by atoms with Gasteiger partial charge >= 0.3 is 0 Å². The maximum absolute atomic E-state index is 6.19. The number of methoxy groups -OCH3 is 1. The van der Waals surface area contributed by atoms with Crippen LogP contribution in [0.15, 0.2) is 60.8 Å². The average molecular weight is 311 g/mol. The molecule has 1 aromatic heterocycles. The first-order valence-electron chi connectivity index (χ1n) is 6.96. The molecule has 3 rings (SSSR count). The summed E-state index contributed by atoms with van der Waals surface area (Å²) in [7, 11) is 1.65. The Morgan fingerprint density at radius 1 is 1.05 bits per heavy atom. The van der Waals surface area contributed by atoms with E-state index in [0.29, 0.717) is 11.6 Å². The molecule has 0 radical (unpaired) electrons. The second-order valence-electron chi connectivity index (χ2n) is 4.89. The molecular formula is C18H15ClN2O. The van der Waals surface area contributed by atoms with E-state index < -0.39 is 0 Å². The lowest BCUT2D eigenvalue weighted by Gasteiger charge is -2.08. The summed E-state index contributed by atoms with van der Waals surface area (Å²) >= 11 is 6.19. The number of rotatable bonds is 4. The van der Waals surface area contributed by atoms with Gasteiger partial charge in [-0.15, -0.1) is 0 Å². The second-order valence-corrected chi connectivity index (χ2v) is 5.25. The van der Waals surface area contributed by atoms with Crippen molar-refractivity contribution in [3.8, 4) is 17.0 Å². The van der Waals surface area contributed by atoms with Crippen LogP contribution in [0.1, 0.15) is 11.3 Å². The summed E-state index contributed by atoms with van der Waals surface area (Å²) in [6.07, 6.45) is 2.34. The maximum atomic E-state index is 6.19. The first-order chi connectivity index (χ1) is 10.8. The van der Waals surface area contributed by atoms with Crippen molar-refractivity contribution in [2.45, 2.75) is 6.42 Å². The molecule has 22 heavy (non-hydrogen) atoms. The quantitative estimate of drug-likeness (QED) is 0.716. The average Bonchev–Trinajstić information content (AvgIpc) is 2.58. The molecule has 4 heteroatoms. The van der Waals surface area contributed by atoms with Gasteiger partial charge in [0.15, 0.2) is 5.15 Å². The standard InChI is InChI=1S/C18H15ClN2O/c1-22-15-9-5-8-14(11-15)17-12-20-18(19)16(21-17)10-13-6-3-2-4-7-13/h2-9,11-12H,10H2,1H3. The van der Waals surface area contributed by atoms with E-state index in [9.17, 15) is 0 Å².